The van der Waals surface area contributed by atoms with Gasteiger partial charge in [0.1, 0.15) is 0 Å². The van der Waals surface area contributed by atoms with Crippen LogP contribution in [0.2, 0.25) is 5.02 Å². The largest absolute Gasteiger partial charge is 0.489 e. The molecule has 0 spiro atoms. The van der Waals surface area contributed by atoms with Gasteiger partial charge in [0.05, 0.1) is 24.4 Å². The van der Waals surface area contributed by atoms with Crippen molar-refractivity contribution in [3.05, 3.63) is 40.7 Å². The van der Waals surface area contributed by atoms with Gasteiger partial charge in [-0.05, 0) is 24.6 Å². The van der Waals surface area contributed by atoms with Crippen LogP contribution in [0.3, 0.4) is 0 Å². The summed E-state index contributed by atoms with van der Waals surface area (Å²) in [6.45, 7) is 4.09. The Morgan fingerprint density at radius 2 is 2.24 bits per heavy atom. The van der Waals surface area contributed by atoms with Gasteiger partial charge in [-0.15, -0.1) is 0 Å². The fourth-order valence-electron chi connectivity index (χ4n) is 2.27. The molecule has 1 aromatic heterocycles. The van der Waals surface area contributed by atoms with Gasteiger partial charge in [0, 0.05) is 30.8 Å². The smallest absolute Gasteiger partial charge is 0.179 e. The van der Waals surface area contributed by atoms with Gasteiger partial charge < -0.3 is 14.8 Å². The minimum Gasteiger partial charge on any atom is -0.489 e. The molecule has 2 N–H and O–H groups in total. The van der Waals surface area contributed by atoms with Crippen molar-refractivity contribution in [1.82, 2.24) is 15.5 Å². The van der Waals surface area contributed by atoms with Gasteiger partial charge in [-0.3, -0.25) is 5.10 Å². The molecule has 0 radical (unpaired) electrons. The van der Waals surface area contributed by atoms with Crippen LogP contribution >= 0.6 is 11.6 Å². The number of ether oxygens (including phenoxy) is 2. The van der Waals surface area contributed by atoms with Crippen LogP contribution in [0.4, 0.5) is 0 Å². The van der Waals surface area contributed by atoms with Crippen molar-refractivity contribution in [3.8, 4) is 11.5 Å². The number of aromatic amines is 1. The summed E-state index contributed by atoms with van der Waals surface area (Å²) in [4.78, 5) is 0. The second-order valence-corrected chi connectivity index (χ2v) is 5.50. The van der Waals surface area contributed by atoms with Gasteiger partial charge in [-0.2, -0.15) is 5.10 Å². The Morgan fingerprint density at radius 3 is 3.05 bits per heavy atom. The van der Waals surface area contributed by atoms with Crippen molar-refractivity contribution < 1.29 is 9.47 Å². The fourth-order valence-corrected chi connectivity index (χ4v) is 2.56. The summed E-state index contributed by atoms with van der Waals surface area (Å²) >= 11 is 6.29. The molecule has 5 nitrogen and oxygen atoms in total. The Balaban J connectivity index is 1.71. The third-order valence-corrected chi connectivity index (χ3v) is 3.77. The third-order valence-electron chi connectivity index (χ3n) is 3.49. The lowest BCUT2D eigenvalue weighted by Gasteiger charge is -2.14. The zero-order chi connectivity index (χ0) is 14.7. The summed E-state index contributed by atoms with van der Waals surface area (Å²) in [5.41, 5.74) is 2.19. The number of rotatable bonds is 4. The lowest BCUT2D eigenvalue weighted by Crippen LogP contribution is -2.17. The molecule has 0 amide bonds. The molecule has 3 rings (SSSR count). The Hall–Kier alpha value is -1.72. The zero-order valence-corrected chi connectivity index (χ0v) is 12.6. The SMILES string of the molecule is CC(NCc1cc(Cl)c2c(c1)OCCCO2)c1cn[nH]c1. The van der Waals surface area contributed by atoms with E-state index >= 15 is 0 Å². The quantitative estimate of drug-likeness (QED) is 0.911. The van der Waals surface area contributed by atoms with Crippen LogP contribution in [0.1, 0.15) is 30.5 Å². The second-order valence-electron chi connectivity index (χ2n) is 5.09. The highest BCUT2D eigenvalue weighted by Gasteiger charge is 2.16. The van der Waals surface area contributed by atoms with Crippen molar-refractivity contribution in [2.75, 3.05) is 13.2 Å². The molecule has 1 aliphatic rings. The highest BCUT2D eigenvalue weighted by atomic mass is 35.5. The van der Waals surface area contributed by atoms with E-state index in [2.05, 4.69) is 22.4 Å². The summed E-state index contributed by atoms with van der Waals surface area (Å²) < 4.78 is 11.3. The minimum atomic E-state index is 0.207. The Morgan fingerprint density at radius 1 is 1.38 bits per heavy atom. The number of fused-ring (bicyclic) bond motifs is 1. The maximum absolute atomic E-state index is 6.29. The number of aromatic nitrogens is 2. The van der Waals surface area contributed by atoms with Crippen LogP contribution in [0.25, 0.3) is 0 Å². The Labute approximate surface area is 128 Å². The van der Waals surface area contributed by atoms with Crippen LogP contribution in [-0.4, -0.2) is 23.4 Å². The molecule has 2 aromatic rings. The predicted octanol–water partition coefficient (Wildman–Crippen LogP) is 3.08. The van der Waals surface area contributed by atoms with Gasteiger partial charge >= 0.3 is 0 Å². The molecule has 1 unspecified atom stereocenters. The van der Waals surface area contributed by atoms with Crippen LogP contribution in [0.15, 0.2) is 24.5 Å². The first-order valence-electron chi connectivity index (χ1n) is 7.04. The van der Waals surface area contributed by atoms with Crippen molar-refractivity contribution in [3.63, 3.8) is 0 Å². The molecule has 1 aromatic carbocycles. The number of hydrogen-bond donors (Lipinski definition) is 2. The van der Waals surface area contributed by atoms with Gasteiger partial charge in [0.2, 0.25) is 0 Å². The van der Waals surface area contributed by atoms with E-state index in [-0.39, 0.29) is 6.04 Å². The molecular formula is C15H18ClN3O2. The average molecular weight is 308 g/mol. The maximum Gasteiger partial charge on any atom is 0.179 e. The van der Waals surface area contributed by atoms with Gasteiger partial charge in [0.15, 0.2) is 11.5 Å². The van der Waals surface area contributed by atoms with E-state index in [0.717, 1.165) is 23.3 Å². The van der Waals surface area contributed by atoms with E-state index in [4.69, 9.17) is 21.1 Å². The molecule has 0 aliphatic carbocycles. The summed E-state index contributed by atoms with van der Waals surface area (Å²) in [5.74, 6) is 1.38. The molecule has 0 saturated carbocycles. The van der Waals surface area contributed by atoms with E-state index in [1.807, 2.05) is 24.5 Å². The Kier molecular flexibility index (Phi) is 4.31. The van der Waals surface area contributed by atoms with Crippen molar-refractivity contribution in [2.24, 2.45) is 0 Å². The van der Waals surface area contributed by atoms with Crippen LogP contribution in [0, 0.1) is 0 Å². The highest BCUT2D eigenvalue weighted by molar-refractivity contribution is 6.32. The Bertz CT molecular complexity index is 601. The third kappa shape index (κ3) is 3.31. The summed E-state index contributed by atoms with van der Waals surface area (Å²) in [6, 6.07) is 4.12. The van der Waals surface area contributed by atoms with Crippen LogP contribution in [0.5, 0.6) is 11.5 Å². The number of halogens is 1. The number of H-pyrrole nitrogens is 1. The normalized spacial score (nSPS) is 15.5. The molecule has 2 heterocycles. The molecule has 0 bridgehead atoms. The molecule has 0 fully saturated rings. The molecule has 1 atom stereocenters. The van der Waals surface area contributed by atoms with Crippen LogP contribution < -0.4 is 14.8 Å². The first-order valence-corrected chi connectivity index (χ1v) is 7.42. The minimum absolute atomic E-state index is 0.207. The lowest BCUT2D eigenvalue weighted by molar-refractivity contribution is 0.297. The summed E-state index contributed by atoms with van der Waals surface area (Å²) in [5, 5.41) is 10.8. The zero-order valence-electron chi connectivity index (χ0n) is 11.9. The number of hydrogen-bond acceptors (Lipinski definition) is 4. The van der Waals surface area contributed by atoms with Crippen molar-refractivity contribution >= 4 is 11.6 Å². The molecule has 112 valence electrons. The molecule has 0 saturated heterocycles. The average Bonchev–Trinajstić information content (AvgIpc) is 2.91. The maximum atomic E-state index is 6.29. The lowest BCUT2D eigenvalue weighted by atomic mass is 10.1. The first kappa shape index (κ1) is 14.2. The summed E-state index contributed by atoms with van der Waals surface area (Å²) in [6.07, 6.45) is 4.58. The number of benzene rings is 1. The van der Waals surface area contributed by atoms with Gasteiger partial charge in [0.25, 0.3) is 0 Å². The number of nitrogens with zero attached hydrogens (tertiary/aromatic N) is 1. The molecule has 21 heavy (non-hydrogen) atoms. The van der Waals surface area contributed by atoms with Crippen molar-refractivity contribution in [2.45, 2.75) is 25.9 Å². The fraction of sp³-hybridized carbons (Fsp3) is 0.400. The second kappa shape index (κ2) is 6.37. The van der Waals surface area contributed by atoms with Gasteiger partial charge in [-0.25, -0.2) is 0 Å². The van der Waals surface area contributed by atoms with E-state index < -0.39 is 0 Å². The van der Waals surface area contributed by atoms with Gasteiger partial charge in [-0.1, -0.05) is 11.6 Å². The highest BCUT2D eigenvalue weighted by Crippen LogP contribution is 2.38. The van der Waals surface area contributed by atoms with Crippen molar-refractivity contribution in [1.29, 1.82) is 0 Å². The predicted molar refractivity (Wildman–Crippen MR) is 80.9 cm³/mol. The topological polar surface area (TPSA) is 59.2 Å². The van der Waals surface area contributed by atoms with E-state index in [0.29, 0.717) is 30.5 Å². The monoisotopic (exact) mass is 307 g/mol. The van der Waals surface area contributed by atoms with E-state index in [1.165, 1.54) is 0 Å². The first-order chi connectivity index (χ1) is 10.2. The van der Waals surface area contributed by atoms with E-state index in [9.17, 15) is 0 Å². The molecule has 1 aliphatic heterocycles. The molecule has 6 heteroatoms. The molecular weight excluding hydrogens is 290 g/mol. The van der Waals surface area contributed by atoms with Crippen LogP contribution in [-0.2, 0) is 6.54 Å². The van der Waals surface area contributed by atoms with E-state index in [1.54, 1.807) is 0 Å². The number of nitrogens with one attached hydrogen (secondary N) is 2. The standard InChI is InChI=1S/C15H18ClN3O2/c1-10(12-8-18-19-9-12)17-7-11-5-13(16)15-14(6-11)20-3-2-4-21-15/h5-6,8-10,17H,2-4,7H2,1H3,(H,18,19). The summed E-state index contributed by atoms with van der Waals surface area (Å²) in [7, 11) is 0.